The van der Waals surface area contributed by atoms with Crippen LogP contribution in [0, 0.1) is 0 Å². The third-order valence-electron chi connectivity index (χ3n) is 6.48. The largest absolute Gasteiger partial charge is 0.491 e. The van der Waals surface area contributed by atoms with Gasteiger partial charge in [-0.25, -0.2) is 0 Å². The second-order valence-electron chi connectivity index (χ2n) is 13.7. The molecule has 0 aromatic heterocycles. The van der Waals surface area contributed by atoms with Gasteiger partial charge < -0.3 is 19.7 Å². The second-order valence-corrected chi connectivity index (χ2v) is 13.7. The molecule has 0 amide bonds. The number of benzene rings is 3. The highest BCUT2D eigenvalue weighted by Crippen LogP contribution is 2.42. The van der Waals surface area contributed by atoms with Crippen LogP contribution in [0.3, 0.4) is 0 Å². The number of ether oxygens (including phenoxy) is 2. The topological polar surface area (TPSA) is 58.9 Å². The molecule has 0 radical (unpaired) electrons. The van der Waals surface area contributed by atoms with E-state index < -0.39 is 0 Å². The summed E-state index contributed by atoms with van der Waals surface area (Å²) in [5, 5.41) is 17.6. The van der Waals surface area contributed by atoms with E-state index in [0.717, 1.165) is 11.5 Å². The zero-order valence-corrected chi connectivity index (χ0v) is 27.5. The Bertz CT molecular complexity index is 1080. The lowest BCUT2D eigenvalue weighted by Crippen LogP contribution is -2.23. The van der Waals surface area contributed by atoms with Gasteiger partial charge in [0.25, 0.3) is 0 Å². The summed E-state index contributed by atoms with van der Waals surface area (Å²) >= 11 is 0. The molecule has 0 aliphatic heterocycles. The highest BCUT2D eigenvalue weighted by atomic mass is 16.5. The number of hydrogen-bond acceptors (Lipinski definition) is 4. The van der Waals surface area contributed by atoms with Gasteiger partial charge in [-0.2, -0.15) is 0 Å². The SMILES string of the molecule is CC(C)(C)c1cc(C(C)(C)C)c(OCCO)c(C(C)(C)C)c1.CC(C)c1ccccc1.OCCOc1ccccc1. The highest BCUT2D eigenvalue weighted by Gasteiger charge is 2.30. The smallest absolute Gasteiger partial charge is 0.126 e. The summed E-state index contributed by atoms with van der Waals surface area (Å²) in [4.78, 5) is 0. The molecule has 41 heavy (non-hydrogen) atoms. The van der Waals surface area contributed by atoms with E-state index in [1.54, 1.807) is 0 Å². The summed E-state index contributed by atoms with van der Waals surface area (Å²) in [6, 6.07) is 24.5. The lowest BCUT2D eigenvalue weighted by molar-refractivity contribution is 0.196. The molecular formula is C37H56O4. The first-order valence-corrected chi connectivity index (χ1v) is 14.8. The minimum Gasteiger partial charge on any atom is -0.491 e. The van der Waals surface area contributed by atoms with Crippen LogP contribution in [-0.2, 0) is 16.2 Å². The van der Waals surface area contributed by atoms with Crippen LogP contribution in [0.15, 0.2) is 72.8 Å². The average molecular weight is 565 g/mol. The van der Waals surface area contributed by atoms with E-state index >= 15 is 0 Å². The Labute approximate surface area is 250 Å². The van der Waals surface area contributed by atoms with Gasteiger partial charge in [0.2, 0.25) is 0 Å². The van der Waals surface area contributed by atoms with E-state index in [-0.39, 0.29) is 29.5 Å². The predicted octanol–water partition coefficient (Wildman–Crippen LogP) is 8.82. The summed E-state index contributed by atoms with van der Waals surface area (Å²) in [5.41, 5.74) is 5.26. The second kappa shape index (κ2) is 16.6. The van der Waals surface area contributed by atoms with Crippen molar-refractivity contribution in [2.75, 3.05) is 26.4 Å². The van der Waals surface area contributed by atoms with E-state index in [2.05, 4.69) is 113 Å². The monoisotopic (exact) mass is 564 g/mol. The van der Waals surface area contributed by atoms with Crippen molar-refractivity contribution in [1.29, 1.82) is 0 Å². The zero-order valence-electron chi connectivity index (χ0n) is 27.5. The molecule has 0 saturated heterocycles. The molecular weight excluding hydrogens is 508 g/mol. The molecule has 0 bridgehead atoms. The van der Waals surface area contributed by atoms with Crippen molar-refractivity contribution >= 4 is 0 Å². The van der Waals surface area contributed by atoms with Crippen LogP contribution >= 0.6 is 0 Å². The molecule has 0 unspecified atom stereocenters. The first-order chi connectivity index (χ1) is 19.0. The van der Waals surface area contributed by atoms with E-state index in [1.807, 2.05) is 36.4 Å². The van der Waals surface area contributed by atoms with Crippen LogP contribution in [0.1, 0.15) is 104 Å². The molecule has 0 aliphatic rings. The lowest BCUT2D eigenvalue weighted by atomic mass is 9.75. The maximum atomic E-state index is 9.17. The third kappa shape index (κ3) is 13.1. The molecule has 0 aliphatic carbocycles. The van der Waals surface area contributed by atoms with Crippen molar-refractivity contribution in [3.63, 3.8) is 0 Å². The van der Waals surface area contributed by atoms with Crippen LogP contribution < -0.4 is 9.47 Å². The van der Waals surface area contributed by atoms with Gasteiger partial charge in [-0.05, 0) is 45.4 Å². The molecule has 0 spiro atoms. The fraction of sp³-hybridized carbons (Fsp3) is 0.514. The van der Waals surface area contributed by atoms with Crippen LogP contribution in [0.5, 0.6) is 11.5 Å². The number of hydrogen-bond donors (Lipinski definition) is 2. The van der Waals surface area contributed by atoms with Crippen LogP contribution in [0.4, 0.5) is 0 Å². The number of rotatable bonds is 7. The van der Waals surface area contributed by atoms with Crippen LogP contribution in [0.2, 0.25) is 0 Å². The maximum Gasteiger partial charge on any atom is 0.126 e. The summed E-state index contributed by atoms with van der Waals surface area (Å²) in [7, 11) is 0. The minimum atomic E-state index is -0.00789. The Morgan fingerprint density at radius 3 is 1.34 bits per heavy atom. The zero-order chi connectivity index (χ0) is 31.3. The third-order valence-corrected chi connectivity index (χ3v) is 6.48. The van der Waals surface area contributed by atoms with Gasteiger partial charge in [-0.1, -0.05) is 137 Å². The standard InChI is InChI=1S/C20H34O2.C9H12.C8H10O2/c1-18(2,3)14-12-15(19(4,5)6)17(22-11-10-21)16(13-14)20(7,8)9;1-8(2)9-6-4-3-5-7-9;9-6-7-10-8-4-2-1-3-5-8/h12-13,21H,10-11H2,1-9H3;3-8H,1-2H3;1-5,9H,6-7H2. The molecule has 3 aromatic carbocycles. The number of aliphatic hydroxyl groups excluding tert-OH is 2. The normalized spacial score (nSPS) is 11.7. The van der Waals surface area contributed by atoms with Crippen molar-refractivity contribution in [3.05, 3.63) is 95.1 Å². The molecule has 0 fully saturated rings. The first kappa shape index (κ1) is 36.2. The van der Waals surface area contributed by atoms with Crippen LogP contribution in [0.25, 0.3) is 0 Å². The van der Waals surface area contributed by atoms with Gasteiger partial charge in [0, 0.05) is 11.1 Å². The Balaban J connectivity index is 0.000000361. The molecule has 228 valence electrons. The average Bonchev–Trinajstić information content (AvgIpc) is 2.90. The summed E-state index contributed by atoms with van der Waals surface area (Å²) < 4.78 is 11.1. The van der Waals surface area contributed by atoms with Gasteiger partial charge in [0.1, 0.15) is 24.7 Å². The van der Waals surface area contributed by atoms with E-state index in [0.29, 0.717) is 19.1 Å². The van der Waals surface area contributed by atoms with Crippen molar-refractivity contribution < 1.29 is 19.7 Å². The Morgan fingerprint density at radius 1 is 0.585 bits per heavy atom. The maximum absolute atomic E-state index is 9.17. The van der Waals surface area contributed by atoms with Crippen molar-refractivity contribution in [2.45, 2.75) is 98.3 Å². The number of aliphatic hydroxyl groups is 2. The molecule has 4 nitrogen and oxygen atoms in total. The van der Waals surface area contributed by atoms with Crippen molar-refractivity contribution in [1.82, 2.24) is 0 Å². The summed E-state index contributed by atoms with van der Waals surface area (Å²) in [6.45, 7) is 25.2. The fourth-order valence-electron chi connectivity index (χ4n) is 4.00. The Morgan fingerprint density at radius 2 is 1.00 bits per heavy atom. The van der Waals surface area contributed by atoms with E-state index in [4.69, 9.17) is 14.6 Å². The van der Waals surface area contributed by atoms with Gasteiger partial charge in [-0.3, -0.25) is 0 Å². The summed E-state index contributed by atoms with van der Waals surface area (Å²) in [6.07, 6.45) is 0. The molecule has 2 N–H and O–H groups in total. The molecule has 4 heteroatoms. The minimum absolute atomic E-state index is 0.00789. The van der Waals surface area contributed by atoms with Gasteiger partial charge in [0.05, 0.1) is 13.2 Å². The fourth-order valence-corrected chi connectivity index (χ4v) is 4.00. The molecule has 0 heterocycles. The van der Waals surface area contributed by atoms with Crippen LogP contribution in [-0.4, -0.2) is 36.6 Å². The van der Waals surface area contributed by atoms with E-state index in [1.165, 1.54) is 22.3 Å². The molecule has 3 aromatic rings. The quantitative estimate of drug-likeness (QED) is 0.301. The predicted molar refractivity (Wildman–Crippen MR) is 175 cm³/mol. The first-order valence-electron chi connectivity index (χ1n) is 14.8. The lowest BCUT2D eigenvalue weighted by Gasteiger charge is -2.33. The van der Waals surface area contributed by atoms with Crippen molar-refractivity contribution in [2.24, 2.45) is 0 Å². The molecule has 3 rings (SSSR count). The molecule has 0 atom stereocenters. The van der Waals surface area contributed by atoms with E-state index in [9.17, 15) is 5.11 Å². The highest BCUT2D eigenvalue weighted by molar-refractivity contribution is 5.52. The van der Waals surface area contributed by atoms with Gasteiger partial charge in [-0.15, -0.1) is 0 Å². The Hall–Kier alpha value is -2.82. The van der Waals surface area contributed by atoms with Gasteiger partial charge in [0.15, 0.2) is 0 Å². The van der Waals surface area contributed by atoms with Gasteiger partial charge >= 0.3 is 0 Å². The Kier molecular flexibility index (Phi) is 14.6. The summed E-state index contributed by atoms with van der Waals surface area (Å²) in [5.74, 6) is 2.41. The van der Waals surface area contributed by atoms with Crippen molar-refractivity contribution in [3.8, 4) is 11.5 Å². The molecule has 0 saturated carbocycles. The number of para-hydroxylation sites is 1.